The molecule has 1 aromatic carbocycles. The molecule has 0 amide bonds. The largest absolute Gasteiger partial charge is 0.363 e. The fourth-order valence-corrected chi connectivity index (χ4v) is 4.81. The highest BCUT2D eigenvalue weighted by molar-refractivity contribution is 7.98. The van der Waals surface area contributed by atoms with Gasteiger partial charge in [-0.25, -0.2) is 8.42 Å². The van der Waals surface area contributed by atoms with E-state index in [1.165, 1.54) is 23.4 Å². The molecule has 0 bridgehead atoms. The highest BCUT2D eigenvalue weighted by Gasteiger charge is 2.29. The van der Waals surface area contributed by atoms with Gasteiger partial charge in [0.05, 0.1) is 4.90 Å². The number of piperazine rings is 1. The van der Waals surface area contributed by atoms with Gasteiger partial charge in [0, 0.05) is 38.3 Å². The molecule has 1 aliphatic heterocycles. The van der Waals surface area contributed by atoms with Crippen molar-refractivity contribution in [3.05, 3.63) is 29.8 Å². The van der Waals surface area contributed by atoms with Crippen LogP contribution in [0.15, 0.2) is 29.2 Å². The van der Waals surface area contributed by atoms with Crippen molar-refractivity contribution in [3.8, 4) is 0 Å². The molecule has 1 aliphatic rings. The highest BCUT2D eigenvalue weighted by Crippen LogP contribution is 2.18. The Hall–Kier alpha value is -1.16. The molecule has 6 nitrogen and oxygen atoms in total. The lowest BCUT2D eigenvalue weighted by molar-refractivity contribution is 0.101. The van der Waals surface area contributed by atoms with E-state index in [9.17, 15) is 13.2 Å². The minimum Gasteiger partial charge on any atom is -0.363 e. The number of thiocarbonyl (C=S) groups is 1. The van der Waals surface area contributed by atoms with Gasteiger partial charge in [-0.1, -0.05) is 12.1 Å². The van der Waals surface area contributed by atoms with Crippen LogP contribution in [0.2, 0.25) is 0 Å². The molecule has 0 spiro atoms. The van der Waals surface area contributed by atoms with Crippen LogP contribution in [-0.2, 0) is 10.0 Å². The molecule has 0 aromatic heterocycles. The molecule has 1 N–H and O–H groups in total. The Kier molecular flexibility index (Phi) is 7.87. The molecule has 0 radical (unpaired) electrons. The fourth-order valence-electron chi connectivity index (χ4n) is 2.67. The van der Waals surface area contributed by atoms with Gasteiger partial charge in [0.2, 0.25) is 10.0 Å². The number of sulfonamides is 1. The van der Waals surface area contributed by atoms with Crippen molar-refractivity contribution in [3.63, 3.8) is 0 Å². The first-order valence-corrected chi connectivity index (χ1v) is 11.7. The summed E-state index contributed by atoms with van der Waals surface area (Å²) in [6, 6.07) is 6.10. The van der Waals surface area contributed by atoms with E-state index in [0.717, 1.165) is 18.7 Å². The van der Waals surface area contributed by atoms with Crippen molar-refractivity contribution in [2.75, 3.05) is 44.7 Å². The summed E-state index contributed by atoms with van der Waals surface area (Å²) in [6.45, 7) is 4.21. The number of nitrogens with one attached hydrogen (secondary N) is 1. The highest BCUT2D eigenvalue weighted by atomic mass is 32.2. The second kappa shape index (κ2) is 9.68. The normalized spacial score (nSPS) is 15.7. The second-order valence-electron chi connectivity index (χ2n) is 6.05. The van der Waals surface area contributed by atoms with Crippen LogP contribution in [0, 0.1) is 0 Å². The molecule has 1 aromatic rings. The topological polar surface area (TPSA) is 69.7 Å². The molecule has 2 rings (SSSR count). The molecular formula is C17H25N3O3S3. The SMILES string of the molecule is CSCCCNC(=S)N1CCN(S(=O)(=O)c2ccc(C(C)=O)cc2)CC1. The zero-order valence-electron chi connectivity index (χ0n) is 15.1. The molecule has 1 fully saturated rings. The Balaban J connectivity index is 1.91. The predicted molar refractivity (Wildman–Crippen MR) is 110 cm³/mol. The first-order valence-electron chi connectivity index (χ1n) is 8.49. The van der Waals surface area contributed by atoms with Crippen molar-refractivity contribution >= 4 is 44.9 Å². The van der Waals surface area contributed by atoms with Gasteiger partial charge in [-0.05, 0) is 49.7 Å². The van der Waals surface area contributed by atoms with E-state index in [2.05, 4.69) is 11.6 Å². The van der Waals surface area contributed by atoms with E-state index in [4.69, 9.17) is 12.2 Å². The number of carbonyl (C=O) groups is 1. The van der Waals surface area contributed by atoms with Gasteiger partial charge >= 0.3 is 0 Å². The van der Waals surface area contributed by atoms with Crippen molar-refractivity contribution < 1.29 is 13.2 Å². The third kappa shape index (κ3) is 5.42. The Morgan fingerprint density at radius 3 is 2.35 bits per heavy atom. The Morgan fingerprint density at radius 2 is 1.81 bits per heavy atom. The van der Waals surface area contributed by atoms with Crippen LogP contribution in [0.5, 0.6) is 0 Å². The molecular weight excluding hydrogens is 390 g/mol. The van der Waals surface area contributed by atoms with Gasteiger partial charge in [-0.3, -0.25) is 4.79 Å². The van der Waals surface area contributed by atoms with E-state index < -0.39 is 10.0 Å². The molecule has 1 heterocycles. The summed E-state index contributed by atoms with van der Waals surface area (Å²) in [5, 5.41) is 3.92. The molecule has 0 saturated carbocycles. The van der Waals surface area contributed by atoms with Crippen LogP contribution in [0.25, 0.3) is 0 Å². The van der Waals surface area contributed by atoms with Gasteiger partial charge in [0.1, 0.15) is 0 Å². The van der Waals surface area contributed by atoms with E-state index in [1.54, 1.807) is 23.9 Å². The number of carbonyl (C=O) groups excluding carboxylic acids is 1. The lowest BCUT2D eigenvalue weighted by Crippen LogP contribution is -2.53. The number of rotatable bonds is 7. The molecule has 0 unspecified atom stereocenters. The molecule has 26 heavy (non-hydrogen) atoms. The summed E-state index contributed by atoms with van der Waals surface area (Å²) >= 11 is 7.20. The Bertz CT molecular complexity index is 727. The van der Waals surface area contributed by atoms with Gasteiger partial charge < -0.3 is 10.2 Å². The average Bonchev–Trinajstić information content (AvgIpc) is 2.65. The maximum absolute atomic E-state index is 12.8. The van der Waals surface area contributed by atoms with E-state index in [-0.39, 0.29) is 10.7 Å². The van der Waals surface area contributed by atoms with Crippen molar-refractivity contribution in [2.45, 2.75) is 18.2 Å². The number of thioether (sulfide) groups is 1. The smallest absolute Gasteiger partial charge is 0.243 e. The second-order valence-corrected chi connectivity index (χ2v) is 9.36. The monoisotopic (exact) mass is 415 g/mol. The number of hydrogen-bond acceptors (Lipinski definition) is 5. The Labute approximate surface area is 165 Å². The number of hydrogen-bond donors (Lipinski definition) is 1. The molecule has 0 atom stereocenters. The molecule has 0 aliphatic carbocycles. The minimum absolute atomic E-state index is 0.0823. The van der Waals surface area contributed by atoms with Crippen LogP contribution >= 0.6 is 24.0 Å². The maximum Gasteiger partial charge on any atom is 0.243 e. The summed E-state index contributed by atoms with van der Waals surface area (Å²) in [5.41, 5.74) is 0.506. The standard InChI is InChI=1S/C17H25N3O3S3/c1-14(21)15-4-6-16(7-5-15)26(22,23)20-11-9-19(10-12-20)17(24)18-8-3-13-25-2/h4-7H,3,8-13H2,1-2H3,(H,18,24). The van der Waals surface area contributed by atoms with Gasteiger partial charge in [0.15, 0.2) is 10.9 Å². The van der Waals surface area contributed by atoms with Crippen LogP contribution in [-0.4, -0.2) is 73.3 Å². The maximum atomic E-state index is 12.8. The number of ketones is 1. The molecule has 9 heteroatoms. The van der Waals surface area contributed by atoms with E-state index >= 15 is 0 Å². The van der Waals surface area contributed by atoms with Gasteiger partial charge in [0.25, 0.3) is 0 Å². The zero-order chi connectivity index (χ0) is 19.2. The summed E-state index contributed by atoms with van der Waals surface area (Å²) < 4.78 is 27.0. The van der Waals surface area contributed by atoms with Crippen molar-refractivity contribution in [2.24, 2.45) is 0 Å². The summed E-state index contributed by atoms with van der Waals surface area (Å²) in [6.07, 6.45) is 3.12. The fraction of sp³-hybridized carbons (Fsp3) is 0.529. The zero-order valence-corrected chi connectivity index (χ0v) is 17.6. The van der Waals surface area contributed by atoms with Crippen molar-refractivity contribution in [1.82, 2.24) is 14.5 Å². The first-order chi connectivity index (χ1) is 12.4. The minimum atomic E-state index is -3.55. The Morgan fingerprint density at radius 1 is 1.19 bits per heavy atom. The number of nitrogens with zero attached hydrogens (tertiary/aromatic N) is 2. The lowest BCUT2D eigenvalue weighted by Gasteiger charge is -2.35. The van der Waals surface area contributed by atoms with Gasteiger partial charge in [-0.2, -0.15) is 16.1 Å². The quantitative estimate of drug-likeness (QED) is 0.414. The third-order valence-electron chi connectivity index (χ3n) is 4.23. The van der Waals surface area contributed by atoms with Crippen LogP contribution < -0.4 is 5.32 Å². The summed E-state index contributed by atoms with van der Waals surface area (Å²) in [7, 11) is -3.55. The van der Waals surface area contributed by atoms with E-state index in [0.29, 0.717) is 36.9 Å². The summed E-state index contributed by atoms with van der Waals surface area (Å²) in [4.78, 5) is 13.6. The number of Topliss-reactive ketones (excluding diaryl/α,β-unsaturated/α-hetero) is 1. The van der Waals surface area contributed by atoms with Crippen LogP contribution in [0.1, 0.15) is 23.7 Å². The van der Waals surface area contributed by atoms with Crippen LogP contribution in [0.4, 0.5) is 0 Å². The van der Waals surface area contributed by atoms with Crippen LogP contribution in [0.3, 0.4) is 0 Å². The predicted octanol–water partition coefficient (Wildman–Crippen LogP) is 1.82. The first kappa shape index (κ1) is 21.1. The average molecular weight is 416 g/mol. The van der Waals surface area contributed by atoms with E-state index in [1.807, 2.05) is 4.90 Å². The lowest BCUT2D eigenvalue weighted by atomic mass is 10.2. The van der Waals surface area contributed by atoms with Crippen molar-refractivity contribution in [1.29, 1.82) is 0 Å². The van der Waals surface area contributed by atoms with Gasteiger partial charge in [-0.15, -0.1) is 0 Å². The summed E-state index contributed by atoms with van der Waals surface area (Å²) in [5.74, 6) is 1.01. The number of benzene rings is 1. The molecule has 1 saturated heterocycles. The third-order valence-corrected chi connectivity index (χ3v) is 7.24. The molecule has 144 valence electrons.